The number of hydrogen-bond donors (Lipinski definition) is 1. The van der Waals surface area contributed by atoms with E-state index in [1.165, 1.54) is 45.1 Å². The zero-order valence-electron chi connectivity index (χ0n) is 8.44. The summed E-state index contributed by atoms with van der Waals surface area (Å²) in [7, 11) is 0. The van der Waals surface area contributed by atoms with Gasteiger partial charge in [-0.15, -0.1) is 11.8 Å². The molecule has 0 aromatic carbocycles. The molecule has 1 heterocycles. The van der Waals surface area contributed by atoms with E-state index in [-0.39, 0.29) is 0 Å². The van der Waals surface area contributed by atoms with Crippen molar-refractivity contribution in [2.45, 2.75) is 55.6 Å². The summed E-state index contributed by atoms with van der Waals surface area (Å²) in [6.45, 7) is 3.61. The molecular weight excluding hydrogens is 178 g/mol. The van der Waals surface area contributed by atoms with Crippen molar-refractivity contribution in [1.29, 1.82) is 0 Å². The monoisotopic (exact) mass is 197 g/mol. The molecule has 3 aliphatic rings. The maximum absolute atomic E-state index is 3.84. The number of thioether (sulfide) groups is 1. The number of nitrogens with one attached hydrogen (secondary N) is 1. The Balaban J connectivity index is 1.88. The van der Waals surface area contributed by atoms with Crippen LogP contribution in [0.4, 0.5) is 0 Å². The van der Waals surface area contributed by atoms with Crippen molar-refractivity contribution >= 4 is 11.8 Å². The summed E-state index contributed by atoms with van der Waals surface area (Å²) in [5.74, 6) is 0. The van der Waals surface area contributed by atoms with Crippen LogP contribution in [-0.2, 0) is 0 Å². The molecule has 3 rings (SSSR count). The number of fused-ring (bicyclic) bond motifs is 1. The lowest BCUT2D eigenvalue weighted by molar-refractivity contribution is 0.0872. The predicted octanol–water partition coefficient (Wildman–Crippen LogP) is 2.76. The summed E-state index contributed by atoms with van der Waals surface area (Å²) in [5, 5.41) is 4.68. The SMILES string of the molecule is CC1CNC2(CCCC23CCC3)S1. The van der Waals surface area contributed by atoms with E-state index in [2.05, 4.69) is 24.0 Å². The van der Waals surface area contributed by atoms with Gasteiger partial charge < -0.3 is 5.32 Å². The first-order valence-electron chi connectivity index (χ1n) is 5.69. The van der Waals surface area contributed by atoms with Crippen molar-refractivity contribution in [1.82, 2.24) is 5.32 Å². The Hall–Kier alpha value is 0.310. The maximum Gasteiger partial charge on any atom is 0.0705 e. The Kier molecular flexibility index (Phi) is 1.76. The fourth-order valence-corrected chi connectivity index (χ4v) is 5.43. The van der Waals surface area contributed by atoms with Crippen LogP contribution < -0.4 is 5.32 Å². The van der Waals surface area contributed by atoms with Gasteiger partial charge in [-0.1, -0.05) is 19.8 Å². The fourth-order valence-electron chi connectivity index (χ4n) is 3.60. The minimum Gasteiger partial charge on any atom is -0.301 e. The Labute approximate surface area is 85.0 Å². The van der Waals surface area contributed by atoms with Crippen LogP contribution >= 0.6 is 11.8 Å². The Morgan fingerprint density at radius 3 is 2.38 bits per heavy atom. The molecule has 0 aromatic heterocycles. The second-order valence-corrected chi connectivity index (χ2v) is 6.86. The quantitative estimate of drug-likeness (QED) is 0.641. The highest BCUT2D eigenvalue weighted by Gasteiger charge is 2.59. The molecule has 0 aromatic rings. The third kappa shape index (κ3) is 0.992. The van der Waals surface area contributed by atoms with E-state index in [4.69, 9.17) is 0 Å². The zero-order valence-corrected chi connectivity index (χ0v) is 9.25. The highest BCUT2D eigenvalue weighted by Crippen LogP contribution is 2.64. The molecule has 74 valence electrons. The minimum absolute atomic E-state index is 0.519. The van der Waals surface area contributed by atoms with E-state index < -0.39 is 0 Å². The van der Waals surface area contributed by atoms with Gasteiger partial charge in [0.05, 0.1) is 4.87 Å². The fraction of sp³-hybridized carbons (Fsp3) is 1.00. The van der Waals surface area contributed by atoms with Crippen LogP contribution in [0.25, 0.3) is 0 Å². The van der Waals surface area contributed by atoms with Gasteiger partial charge in [0.1, 0.15) is 0 Å². The molecule has 2 spiro atoms. The molecule has 2 heteroatoms. The second kappa shape index (κ2) is 2.66. The predicted molar refractivity (Wildman–Crippen MR) is 57.9 cm³/mol. The van der Waals surface area contributed by atoms with Crippen molar-refractivity contribution in [3.8, 4) is 0 Å². The van der Waals surface area contributed by atoms with Crippen LogP contribution in [-0.4, -0.2) is 16.7 Å². The van der Waals surface area contributed by atoms with Gasteiger partial charge in [0, 0.05) is 11.8 Å². The highest BCUT2D eigenvalue weighted by molar-refractivity contribution is 8.01. The van der Waals surface area contributed by atoms with E-state index in [0.717, 1.165) is 10.7 Å². The van der Waals surface area contributed by atoms with E-state index in [0.29, 0.717) is 4.87 Å². The molecule has 0 amide bonds. The third-order valence-electron chi connectivity index (χ3n) is 4.43. The average molecular weight is 197 g/mol. The molecular formula is C11H19NS. The molecule has 2 unspecified atom stereocenters. The molecule has 2 saturated carbocycles. The Morgan fingerprint density at radius 1 is 1.15 bits per heavy atom. The lowest BCUT2D eigenvalue weighted by Gasteiger charge is -2.50. The molecule has 1 aliphatic heterocycles. The van der Waals surface area contributed by atoms with Crippen molar-refractivity contribution in [3.05, 3.63) is 0 Å². The molecule has 0 radical (unpaired) electrons. The van der Waals surface area contributed by atoms with Crippen LogP contribution in [0.5, 0.6) is 0 Å². The normalized spacial score (nSPS) is 47.3. The molecule has 1 nitrogen and oxygen atoms in total. The zero-order chi connectivity index (χ0) is 8.94. The van der Waals surface area contributed by atoms with Crippen molar-refractivity contribution in [3.63, 3.8) is 0 Å². The van der Waals surface area contributed by atoms with Gasteiger partial charge in [-0.2, -0.15) is 0 Å². The maximum atomic E-state index is 3.84. The van der Waals surface area contributed by atoms with Crippen molar-refractivity contribution < 1.29 is 0 Å². The van der Waals surface area contributed by atoms with E-state index >= 15 is 0 Å². The molecule has 1 N–H and O–H groups in total. The minimum atomic E-state index is 0.519. The first-order valence-corrected chi connectivity index (χ1v) is 6.57. The summed E-state index contributed by atoms with van der Waals surface area (Å²) in [4.78, 5) is 0.519. The summed E-state index contributed by atoms with van der Waals surface area (Å²) in [6.07, 6.45) is 8.88. The topological polar surface area (TPSA) is 12.0 Å². The summed E-state index contributed by atoms with van der Waals surface area (Å²) < 4.78 is 0. The van der Waals surface area contributed by atoms with Crippen molar-refractivity contribution in [2.75, 3.05) is 6.54 Å². The number of rotatable bonds is 0. The highest BCUT2D eigenvalue weighted by atomic mass is 32.2. The lowest BCUT2D eigenvalue weighted by atomic mass is 9.65. The standard InChI is InChI=1S/C11H19NS/c1-9-8-12-11(13-9)7-3-6-10(11)4-2-5-10/h9,12H,2-8H2,1H3. The number of hydrogen-bond acceptors (Lipinski definition) is 2. The van der Waals surface area contributed by atoms with Crippen molar-refractivity contribution in [2.24, 2.45) is 5.41 Å². The molecule has 1 saturated heterocycles. The summed E-state index contributed by atoms with van der Waals surface area (Å²) >= 11 is 2.25. The van der Waals surface area contributed by atoms with E-state index in [9.17, 15) is 0 Å². The smallest absolute Gasteiger partial charge is 0.0705 e. The van der Waals surface area contributed by atoms with Crippen LogP contribution in [0.2, 0.25) is 0 Å². The lowest BCUT2D eigenvalue weighted by Crippen LogP contribution is -2.52. The largest absolute Gasteiger partial charge is 0.301 e. The van der Waals surface area contributed by atoms with Crippen LogP contribution in [0.3, 0.4) is 0 Å². The summed E-state index contributed by atoms with van der Waals surface area (Å²) in [5.41, 5.74) is 0.725. The molecule has 0 bridgehead atoms. The van der Waals surface area contributed by atoms with Gasteiger partial charge in [-0.3, -0.25) is 0 Å². The van der Waals surface area contributed by atoms with Crippen LogP contribution in [0, 0.1) is 5.41 Å². The van der Waals surface area contributed by atoms with Gasteiger partial charge in [-0.25, -0.2) is 0 Å². The van der Waals surface area contributed by atoms with Crippen LogP contribution in [0.15, 0.2) is 0 Å². The molecule has 2 aliphatic carbocycles. The van der Waals surface area contributed by atoms with Crippen LogP contribution in [0.1, 0.15) is 45.4 Å². The molecule has 13 heavy (non-hydrogen) atoms. The van der Waals surface area contributed by atoms with E-state index in [1.54, 1.807) is 0 Å². The Morgan fingerprint density at radius 2 is 1.85 bits per heavy atom. The average Bonchev–Trinajstić information content (AvgIpc) is 2.56. The third-order valence-corrected chi connectivity index (χ3v) is 6.18. The van der Waals surface area contributed by atoms with Gasteiger partial charge >= 0.3 is 0 Å². The second-order valence-electron chi connectivity index (χ2n) is 5.12. The molecule has 2 atom stereocenters. The molecule has 3 fully saturated rings. The van der Waals surface area contributed by atoms with Gasteiger partial charge in [-0.05, 0) is 31.1 Å². The van der Waals surface area contributed by atoms with Gasteiger partial charge in [0.2, 0.25) is 0 Å². The Bertz CT molecular complexity index is 224. The van der Waals surface area contributed by atoms with Gasteiger partial charge in [0.25, 0.3) is 0 Å². The first kappa shape index (κ1) is 8.60. The van der Waals surface area contributed by atoms with E-state index in [1.807, 2.05) is 0 Å². The van der Waals surface area contributed by atoms with Gasteiger partial charge in [0.15, 0.2) is 0 Å². The summed E-state index contributed by atoms with van der Waals surface area (Å²) in [6, 6.07) is 0. The first-order chi connectivity index (χ1) is 6.27.